The average Bonchev–Trinajstić information content (AvgIpc) is 2.96. The number of benzene rings is 2. The number of nitriles is 1. The molecule has 0 amide bonds. The highest BCUT2D eigenvalue weighted by molar-refractivity contribution is 6.30. The van der Waals surface area contributed by atoms with Gasteiger partial charge < -0.3 is 4.74 Å². The summed E-state index contributed by atoms with van der Waals surface area (Å²) < 4.78 is 5.37. The number of nitrogens with zero attached hydrogens (tertiary/aromatic N) is 3. The predicted molar refractivity (Wildman–Crippen MR) is 165 cm³/mol. The van der Waals surface area contributed by atoms with Gasteiger partial charge >= 0.3 is 0 Å². The summed E-state index contributed by atoms with van der Waals surface area (Å²) in [5, 5.41) is 19.8. The molecule has 2 rings (SSSR count). The van der Waals surface area contributed by atoms with Gasteiger partial charge in [-0.1, -0.05) is 107 Å². The van der Waals surface area contributed by atoms with Crippen LogP contribution >= 0.6 is 11.6 Å². The normalized spacial score (nSPS) is 13.7. The fraction of sp³-hybridized carbons (Fsp3) is 0.618. The van der Waals surface area contributed by atoms with Crippen molar-refractivity contribution < 1.29 is 4.74 Å². The number of hydrogen-bond acceptors (Lipinski definition) is 4. The quantitative estimate of drug-likeness (QED) is 0.114. The zero-order chi connectivity index (χ0) is 28.2. The van der Waals surface area contributed by atoms with Crippen molar-refractivity contribution >= 4 is 11.6 Å². The molecule has 0 heterocycles. The Morgan fingerprint density at radius 3 is 2.13 bits per heavy atom. The molecule has 2 unspecified atom stereocenters. The van der Waals surface area contributed by atoms with Crippen LogP contribution in [0.15, 0.2) is 58.8 Å². The summed E-state index contributed by atoms with van der Waals surface area (Å²) in [6.07, 6.45) is 18.4. The second-order valence-corrected chi connectivity index (χ2v) is 11.3. The van der Waals surface area contributed by atoms with Crippen molar-refractivity contribution in [2.45, 2.75) is 121 Å². The minimum atomic E-state index is -0.481. The summed E-state index contributed by atoms with van der Waals surface area (Å²) in [4.78, 5) is 0. The van der Waals surface area contributed by atoms with E-state index in [9.17, 15) is 5.26 Å². The number of hydrogen-bond donors (Lipinski definition) is 0. The highest BCUT2D eigenvalue weighted by Gasteiger charge is 2.31. The molecule has 214 valence electrons. The third-order valence-electron chi connectivity index (χ3n) is 7.89. The summed E-state index contributed by atoms with van der Waals surface area (Å²) >= 11 is 6.19. The SMILES string of the molecule is CCCCCCCCCCCCC(C#N)(CCCC(CCc1cccc(OC)c1)/N=N/C)c1ccc(Cl)cc1. The summed E-state index contributed by atoms with van der Waals surface area (Å²) in [6, 6.07) is 19.1. The first kappa shape index (κ1) is 32.8. The average molecular weight is 552 g/mol. The van der Waals surface area contributed by atoms with Crippen LogP contribution in [0.4, 0.5) is 0 Å². The molecule has 0 aliphatic rings. The van der Waals surface area contributed by atoms with Crippen LogP contribution in [0.1, 0.15) is 114 Å². The molecule has 39 heavy (non-hydrogen) atoms. The van der Waals surface area contributed by atoms with Gasteiger partial charge in [0.1, 0.15) is 5.75 Å². The standard InChI is InChI=1S/C34H50ClN3O/c1-4-5-6-7-8-9-10-11-12-13-25-34(28-36,30-20-22-31(35)23-21-30)26-15-17-32(38-37-2)24-19-29-16-14-18-33(27-29)39-3/h14,16,18,20-23,27,32H,4-13,15,17,19,24-26H2,1-3H3/b38-37+. The third-order valence-corrected chi connectivity index (χ3v) is 8.14. The van der Waals surface area contributed by atoms with E-state index < -0.39 is 5.41 Å². The van der Waals surface area contributed by atoms with E-state index in [1.54, 1.807) is 14.2 Å². The van der Waals surface area contributed by atoms with Crippen LogP contribution in [0.2, 0.25) is 5.02 Å². The lowest BCUT2D eigenvalue weighted by molar-refractivity contribution is 0.399. The van der Waals surface area contributed by atoms with Crippen LogP contribution in [0.25, 0.3) is 0 Å². The molecule has 0 aliphatic heterocycles. The molecule has 0 radical (unpaired) electrons. The number of aryl methyl sites for hydroxylation is 1. The third kappa shape index (κ3) is 12.6. The molecule has 0 bridgehead atoms. The van der Waals surface area contributed by atoms with Crippen molar-refractivity contribution in [1.29, 1.82) is 5.26 Å². The van der Waals surface area contributed by atoms with E-state index in [1.807, 2.05) is 36.4 Å². The van der Waals surface area contributed by atoms with Gasteiger partial charge in [-0.2, -0.15) is 15.5 Å². The summed E-state index contributed by atoms with van der Waals surface area (Å²) in [5.41, 5.74) is 1.86. The first-order valence-corrected chi connectivity index (χ1v) is 15.5. The summed E-state index contributed by atoms with van der Waals surface area (Å²) in [7, 11) is 3.45. The highest BCUT2D eigenvalue weighted by Crippen LogP contribution is 2.36. The van der Waals surface area contributed by atoms with Crippen molar-refractivity contribution in [3.05, 3.63) is 64.7 Å². The minimum absolute atomic E-state index is 0.153. The van der Waals surface area contributed by atoms with Crippen LogP contribution in [-0.4, -0.2) is 20.2 Å². The molecular weight excluding hydrogens is 502 g/mol. The van der Waals surface area contributed by atoms with E-state index >= 15 is 0 Å². The van der Waals surface area contributed by atoms with Gasteiger partial charge in [-0.3, -0.25) is 0 Å². The van der Waals surface area contributed by atoms with Gasteiger partial charge in [-0.15, -0.1) is 0 Å². The summed E-state index contributed by atoms with van der Waals surface area (Å²) in [6.45, 7) is 2.27. The van der Waals surface area contributed by atoms with Crippen LogP contribution in [0.3, 0.4) is 0 Å². The molecule has 0 saturated carbocycles. The predicted octanol–water partition coefficient (Wildman–Crippen LogP) is 10.7. The van der Waals surface area contributed by atoms with E-state index in [4.69, 9.17) is 16.3 Å². The molecule has 2 aromatic rings. The van der Waals surface area contributed by atoms with E-state index in [0.29, 0.717) is 5.02 Å². The molecule has 0 spiro atoms. The van der Waals surface area contributed by atoms with Crippen molar-refractivity contribution in [1.82, 2.24) is 0 Å². The molecule has 0 fully saturated rings. The molecule has 0 N–H and O–H groups in total. The van der Waals surface area contributed by atoms with Gasteiger partial charge in [0.25, 0.3) is 0 Å². The molecular formula is C34H50ClN3O. The van der Waals surface area contributed by atoms with E-state index in [-0.39, 0.29) is 6.04 Å². The Bertz CT molecular complexity index is 985. The molecule has 0 aromatic heterocycles. The first-order valence-electron chi connectivity index (χ1n) is 15.2. The fourth-order valence-corrected chi connectivity index (χ4v) is 5.62. The fourth-order valence-electron chi connectivity index (χ4n) is 5.50. The minimum Gasteiger partial charge on any atom is -0.497 e. The van der Waals surface area contributed by atoms with Crippen LogP contribution in [-0.2, 0) is 11.8 Å². The molecule has 0 aliphatic carbocycles. The Hall–Kier alpha value is -2.38. The van der Waals surface area contributed by atoms with E-state index in [2.05, 4.69) is 35.4 Å². The largest absolute Gasteiger partial charge is 0.497 e. The molecule has 5 heteroatoms. The van der Waals surface area contributed by atoms with Crippen molar-refractivity contribution in [2.75, 3.05) is 14.2 Å². The zero-order valence-corrected chi connectivity index (χ0v) is 25.4. The van der Waals surface area contributed by atoms with Crippen LogP contribution in [0, 0.1) is 11.3 Å². The van der Waals surface area contributed by atoms with Gasteiger partial charge in [-0.05, 0) is 73.9 Å². The van der Waals surface area contributed by atoms with Gasteiger partial charge in [0.05, 0.1) is 24.6 Å². The Morgan fingerprint density at radius 2 is 1.51 bits per heavy atom. The smallest absolute Gasteiger partial charge is 0.119 e. The van der Waals surface area contributed by atoms with Gasteiger partial charge in [0.2, 0.25) is 0 Å². The number of methoxy groups -OCH3 is 1. The van der Waals surface area contributed by atoms with Crippen molar-refractivity contribution in [3.8, 4) is 11.8 Å². The topological polar surface area (TPSA) is 57.7 Å². The molecule has 0 saturated heterocycles. The lowest BCUT2D eigenvalue weighted by Gasteiger charge is -2.28. The number of azo groups is 1. The maximum Gasteiger partial charge on any atom is 0.119 e. The lowest BCUT2D eigenvalue weighted by atomic mass is 9.73. The van der Waals surface area contributed by atoms with Crippen LogP contribution < -0.4 is 4.74 Å². The second kappa shape index (κ2) is 19.6. The van der Waals surface area contributed by atoms with Gasteiger partial charge in [0.15, 0.2) is 0 Å². The Morgan fingerprint density at radius 1 is 0.872 bits per heavy atom. The Balaban J connectivity index is 1.91. The van der Waals surface area contributed by atoms with Crippen molar-refractivity contribution in [3.63, 3.8) is 0 Å². The van der Waals surface area contributed by atoms with Gasteiger partial charge in [0, 0.05) is 12.1 Å². The maximum atomic E-state index is 10.5. The molecule has 2 atom stereocenters. The highest BCUT2D eigenvalue weighted by atomic mass is 35.5. The van der Waals surface area contributed by atoms with Gasteiger partial charge in [-0.25, -0.2) is 0 Å². The van der Waals surface area contributed by atoms with E-state index in [0.717, 1.165) is 56.3 Å². The number of rotatable bonds is 21. The first-order chi connectivity index (χ1) is 19.1. The molecule has 4 nitrogen and oxygen atoms in total. The monoisotopic (exact) mass is 551 g/mol. The Kier molecular flexibility index (Phi) is 16.5. The second-order valence-electron chi connectivity index (χ2n) is 10.9. The Labute approximate surface area is 243 Å². The molecule has 2 aromatic carbocycles. The maximum absolute atomic E-state index is 10.5. The number of halogens is 1. The van der Waals surface area contributed by atoms with Crippen LogP contribution in [0.5, 0.6) is 5.75 Å². The zero-order valence-electron chi connectivity index (χ0n) is 24.6. The van der Waals surface area contributed by atoms with Crippen molar-refractivity contribution in [2.24, 2.45) is 10.2 Å². The lowest BCUT2D eigenvalue weighted by Crippen LogP contribution is -2.25. The summed E-state index contributed by atoms with van der Waals surface area (Å²) in [5.74, 6) is 0.884. The number of unbranched alkanes of at least 4 members (excludes halogenated alkanes) is 9. The number of ether oxygens (including phenoxy) is 1. The van der Waals surface area contributed by atoms with E-state index in [1.165, 1.54) is 63.4 Å².